The van der Waals surface area contributed by atoms with Crippen LogP contribution in [-0.2, 0) is 9.59 Å². The van der Waals surface area contributed by atoms with Crippen molar-refractivity contribution in [3.8, 4) is 28.7 Å². The molecule has 1 saturated heterocycles. The summed E-state index contributed by atoms with van der Waals surface area (Å²) in [6, 6.07) is 9.04. The van der Waals surface area contributed by atoms with Crippen molar-refractivity contribution in [1.29, 1.82) is 0 Å². The molecule has 0 aromatic heterocycles. The minimum absolute atomic E-state index is 0.0368. The summed E-state index contributed by atoms with van der Waals surface area (Å²) in [5.41, 5.74) is 6.83. The minimum Gasteiger partial charge on any atom is -0.496 e. The lowest BCUT2D eigenvalue weighted by Crippen LogP contribution is -2.43. The zero-order chi connectivity index (χ0) is 25.8. The molecular weight excluding hydrogens is 464 g/mol. The molecule has 0 spiro atoms. The van der Waals surface area contributed by atoms with E-state index < -0.39 is 11.8 Å². The molecule has 2 aromatic carbocycles. The number of likely N-dealkylation sites (tertiary alicyclic amines) is 1. The van der Waals surface area contributed by atoms with Crippen LogP contribution < -0.4 is 29.4 Å². The third kappa shape index (κ3) is 5.61. The Morgan fingerprint density at radius 2 is 1.72 bits per heavy atom. The van der Waals surface area contributed by atoms with Crippen molar-refractivity contribution in [2.45, 2.75) is 32.6 Å². The van der Waals surface area contributed by atoms with E-state index in [1.54, 1.807) is 19.2 Å². The van der Waals surface area contributed by atoms with Gasteiger partial charge in [0.2, 0.25) is 12.7 Å². The van der Waals surface area contributed by atoms with E-state index in [9.17, 15) is 9.59 Å². The standard InChI is InChI=1S/C27H34N2O7/c1-16-7-17(2)13-29(12-16)26(31)11-20(18-5-6-21-22(8-18)36-15-35-21)27-23(33-4)9-19(32-3)10-24(27)34-14-25(28)30/h5-6,8-10,16-17,20H,7,11-15H2,1-4H3,(H2,28,30). The molecule has 3 atom stereocenters. The van der Waals surface area contributed by atoms with Crippen molar-refractivity contribution in [1.82, 2.24) is 4.90 Å². The number of hydrogen-bond acceptors (Lipinski definition) is 7. The first kappa shape index (κ1) is 25.5. The molecule has 4 rings (SSSR count). The van der Waals surface area contributed by atoms with Gasteiger partial charge in [0, 0.05) is 43.1 Å². The lowest BCUT2D eigenvalue weighted by Gasteiger charge is -2.36. The largest absolute Gasteiger partial charge is 0.496 e. The van der Waals surface area contributed by atoms with Crippen molar-refractivity contribution in [3.05, 3.63) is 41.5 Å². The van der Waals surface area contributed by atoms with E-state index in [1.165, 1.54) is 7.11 Å². The van der Waals surface area contributed by atoms with E-state index in [0.717, 1.165) is 25.1 Å². The van der Waals surface area contributed by atoms with Gasteiger partial charge in [-0.1, -0.05) is 19.9 Å². The number of rotatable bonds is 9. The fraction of sp³-hybridized carbons (Fsp3) is 0.481. The highest BCUT2D eigenvalue weighted by atomic mass is 16.7. The van der Waals surface area contributed by atoms with Crippen LogP contribution in [0.1, 0.15) is 43.7 Å². The average Bonchev–Trinajstić information content (AvgIpc) is 3.32. The predicted molar refractivity (Wildman–Crippen MR) is 133 cm³/mol. The Hall–Kier alpha value is -3.62. The van der Waals surface area contributed by atoms with Gasteiger partial charge in [0.05, 0.1) is 14.2 Å². The topological polar surface area (TPSA) is 110 Å². The summed E-state index contributed by atoms with van der Waals surface area (Å²) in [5.74, 6) is 2.42. The van der Waals surface area contributed by atoms with Gasteiger partial charge in [-0.2, -0.15) is 0 Å². The molecule has 194 valence electrons. The van der Waals surface area contributed by atoms with Crippen LogP contribution in [0.3, 0.4) is 0 Å². The summed E-state index contributed by atoms with van der Waals surface area (Å²) in [5, 5.41) is 0. The van der Waals surface area contributed by atoms with Crippen LogP contribution in [0.5, 0.6) is 28.7 Å². The first-order valence-electron chi connectivity index (χ1n) is 12.1. The van der Waals surface area contributed by atoms with Gasteiger partial charge < -0.3 is 34.3 Å². The number of methoxy groups -OCH3 is 2. The molecule has 0 saturated carbocycles. The van der Waals surface area contributed by atoms with E-state index >= 15 is 0 Å². The summed E-state index contributed by atoms with van der Waals surface area (Å²) in [4.78, 5) is 27.2. The second-order valence-corrected chi connectivity index (χ2v) is 9.61. The Morgan fingerprint density at radius 1 is 1.03 bits per heavy atom. The number of benzene rings is 2. The first-order chi connectivity index (χ1) is 17.3. The summed E-state index contributed by atoms with van der Waals surface area (Å²) in [6.07, 6.45) is 1.28. The fourth-order valence-electron chi connectivity index (χ4n) is 5.16. The minimum atomic E-state index is -0.616. The summed E-state index contributed by atoms with van der Waals surface area (Å²) in [6.45, 7) is 5.61. The molecule has 2 N–H and O–H groups in total. The molecule has 9 nitrogen and oxygen atoms in total. The van der Waals surface area contributed by atoms with Crippen LogP contribution in [0.2, 0.25) is 0 Å². The Balaban J connectivity index is 1.79. The Labute approximate surface area is 211 Å². The van der Waals surface area contributed by atoms with Crippen molar-refractivity contribution in [2.75, 3.05) is 40.7 Å². The highest BCUT2D eigenvalue weighted by molar-refractivity contribution is 5.79. The van der Waals surface area contributed by atoms with Gasteiger partial charge in [0.1, 0.15) is 17.2 Å². The Bertz CT molecular complexity index is 1110. The van der Waals surface area contributed by atoms with Crippen LogP contribution in [-0.4, -0.2) is 57.4 Å². The SMILES string of the molecule is COc1cc(OC)c(C(CC(=O)N2CC(C)CC(C)C2)c2ccc3c(c2)OCO3)c(OCC(N)=O)c1. The number of piperidine rings is 1. The van der Waals surface area contributed by atoms with Crippen LogP contribution in [0.25, 0.3) is 0 Å². The normalized spacial score (nSPS) is 19.5. The number of carbonyl (C=O) groups is 2. The molecule has 0 radical (unpaired) electrons. The fourth-order valence-corrected chi connectivity index (χ4v) is 5.16. The van der Waals surface area contributed by atoms with Crippen molar-refractivity contribution in [2.24, 2.45) is 17.6 Å². The number of carbonyl (C=O) groups excluding carboxylic acids is 2. The van der Waals surface area contributed by atoms with Gasteiger partial charge >= 0.3 is 0 Å². The molecule has 1 fully saturated rings. The molecule has 0 aliphatic carbocycles. The number of primary amides is 1. The second kappa shape index (κ2) is 11.0. The highest BCUT2D eigenvalue weighted by Gasteiger charge is 2.32. The van der Waals surface area contributed by atoms with E-state index in [-0.39, 0.29) is 25.7 Å². The Morgan fingerprint density at radius 3 is 2.39 bits per heavy atom. The molecule has 2 heterocycles. The summed E-state index contributed by atoms with van der Waals surface area (Å²) in [7, 11) is 3.08. The molecule has 2 aromatic rings. The van der Waals surface area contributed by atoms with Crippen molar-refractivity contribution >= 4 is 11.8 Å². The highest BCUT2D eigenvalue weighted by Crippen LogP contribution is 2.46. The maximum absolute atomic E-state index is 13.7. The number of fused-ring (bicyclic) bond motifs is 1. The smallest absolute Gasteiger partial charge is 0.255 e. The zero-order valence-electron chi connectivity index (χ0n) is 21.2. The van der Waals surface area contributed by atoms with E-state index in [4.69, 9.17) is 29.4 Å². The van der Waals surface area contributed by atoms with E-state index in [1.807, 2.05) is 23.1 Å². The molecule has 36 heavy (non-hydrogen) atoms. The maximum atomic E-state index is 13.7. The number of nitrogens with two attached hydrogens (primary N) is 1. The predicted octanol–water partition coefficient (Wildman–Crippen LogP) is 3.32. The van der Waals surface area contributed by atoms with Gasteiger partial charge in [-0.3, -0.25) is 9.59 Å². The molecular formula is C27H34N2O7. The van der Waals surface area contributed by atoms with Gasteiger partial charge in [-0.25, -0.2) is 0 Å². The second-order valence-electron chi connectivity index (χ2n) is 9.61. The summed E-state index contributed by atoms with van der Waals surface area (Å²) >= 11 is 0. The van der Waals surface area contributed by atoms with E-state index in [2.05, 4.69) is 13.8 Å². The molecule has 2 aliphatic rings. The van der Waals surface area contributed by atoms with Crippen LogP contribution in [0.4, 0.5) is 0 Å². The number of nitrogens with zero attached hydrogens (tertiary/aromatic N) is 1. The van der Waals surface area contributed by atoms with Gasteiger partial charge in [0.25, 0.3) is 5.91 Å². The van der Waals surface area contributed by atoms with Crippen LogP contribution >= 0.6 is 0 Å². The maximum Gasteiger partial charge on any atom is 0.255 e. The lowest BCUT2D eigenvalue weighted by atomic mass is 9.85. The van der Waals surface area contributed by atoms with Gasteiger partial charge in [-0.05, 0) is 36.0 Å². The molecule has 2 amide bonds. The number of hydrogen-bond donors (Lipinski definition) is 1. The number of amides is 2. The zero-order valence-corrected chi connectivity index (χ0v) is 21.2. The van der Waals surface area contributed by atoms with Crippen LogP contribution in [0, 0.1) is 11.8 Å². The van der Waals surface area contributed by atoms with Gasteiger partial charge in [-0.15, -0.1) is 0 Å². The van der Waals surface area contributed by atoms with E-state index in [0.29, 0.717) is 46.1 Å². The lowest BCUT2D eigenvalue weighted by molar-refractivity contribution is -0.134. The Kier molecular flexibility index (Phi) is 7.76. The third-order valence-electron chi connectivity index (χ3n) is 6.65. The summed E-state index contributed by atoms with van der Waals surface area (Å²) < 4.78 is 28.1. The average molecular weight is 499 g/mol. The van der Waals surface area contributed by atoms with Gasteiger partial charge in [0.15, 0.2) is 18.1 Å². The quantitative estimate of drug-likeness (QED) is 0.565. The van der Waals surface area contributed by atoms with Crippen molar-refractivity contribution < 1.29 is 33.3 Å². The number of ether oxygens (including phenoxy) is 5. The molecule has 9 heteroatoms. The third-order valence-corrected chi connectivity index (χ3v) is 6.65. The first-order valence-corrected chi connectivity index (χ1v) is 12.1. The van der Waals surface area contributed by atoms with Crippen molar-refractivity contribution in [3.63, 3.8) is 0 Å². The monoisotopic (exact) mass is 498 g/mol. The molecule has 2 aliphatic heterocycles. The molecule has 0 bridgehead atoms. The molecule has 3 unspecified atom stereocenters. The van der Waals surface area contributed by atoms with Crippen LogP contribution in [0.15, 0.2) is 30.3 Å².